The van der Waals surface area contributed by atoms with Crippen LogP contribution in [0.5, 0.6) is 0 Å². The third kappa shape index (κ3) is 4.08. The molecule has 1 unspecified atom stereocenters. The third-order valence-corrected chi connectivity index (χ3v) is 7.46. The molecule has 1 atom stereocenters. The average molecular weight is 473 g/mol. The molecule has 0 N–H and O–H groups in total. The smallest absolute Gasteiger partial charge is 0.162 e. The second kappa shape index (κ2) is 7.97. The van der Waals surface area contributed by atoms with Crippen molar-refractivity contribution in [3.8, 4) is 11.4 Å². The second-order valence-electron chi connectivity index (χ2n) is 4.91. The zero-order valence-electron chi connectivity index (χ0n) is 12.0. The topological polar surface area (TPSA) is 25.8 Å². The molecule has 1 aromatic heterocycles. The van der Waals surface area contributed by atoms with Crippen molar-refractivity contribution >= 4 is 66.1 Å². The minimum atomic E-state index is 0.394. The van der Waals surface area contributed by atoms with Crippen LogP contribution in [0, 0.1) is 0 Å². The first-order valence-corrected chi connectivity index (χ1v) is 10.4. The predicted molar refractivity (Wildman–Crippen MR) is 107 cm³/mol. The molecule has 2 aromatic carbocycles. The molecule has 0 aliphatic carbocycles. The summed E-state index contributed by atoms with van der Waals surface area (Å²) in [6.07, 6.45) is 0. The summed E-state index contributed by atoms with van der Waals surface area (Å²) in [5.41, 5.74) is 1.79. The van der Waals surface area contributed by atoms with E-state index >= 15 is 0 Å². The van der Waals surface area contributed by atoms with E-state index in [0.29, 0.717) is 15.7 Å². The maximum Gasteiger partial charge on any atom is 0.162 e. The lowest BCUT2D eigenvalue weighted by Gasteiger charge is -2.10. The van der Waals surface area contributed by atoms with Gasteiger partial charge in [0.15, 0.2) is 5.82 Å². The van der Waals surface area contributed by atoms with Gasteiger partial charge >= 0.3 is 0 Å². The van der Waals surface area contributed by atoms with E-state index in [1.807, 2.05) is 42.5 Å². The molecule has 1 heterocycles. The molecule has 2 nitrogen and oxygen atoms in total. The molecule has 0 amide bonds. The molecule has 118 valence electrons. The Hall–Kier alpha value is -0.620. The van der Waals surface area contributed by atoms with E-state index in [-0.39, 0.29) is 0 Å². The molecule has 0 bridgehead atoms. The number of hydrogen-bond acceptors (Lipinski definition) is 3. The van der Waals surface area contributed by atoms with Crippen molar-refractivity contribution < 1.29 is 0 Å². The zero-order valence-corrected chi connectivity index (χ0v) is 16.8. The van der Waals surface area contributed by atoms with Crippen molar-refractivity contribution in [2.45, 2.75) is 9.85 Å². The van der Waals surface area contributed by atoms with Gasteiger partial charge in [-0.3, -0.25) is 0 Å². The van der Waals surface area contributed by atoms with E-state index < -0.39 is 0 Å². The molecule has 0 saturated heterocycles. The zero-order chi connectivity index (χ0) is 16.2. The van der Waals surface area contributed by atoms with Gasteiger partial charge in [0, 0.05) is 26.9 Å². The minimum absolute atomic E-state index is 0.394. The Morgan fingerprint density at radius 2 is 1.78 bits per heavy atom. The van der Waals surface area contributed by atoms with Gasteiger partial charge in [-0.05, 0) is 18.2 Å². The molecule has 0 fully saturated rings. The van der Waals surface area contributed by atoms with Gasteiger partial charge in [0.05, 0.1) is 10.5 Å². The van der Waals surface area contributed by atoms with Gasteiger partial charge in [-0.1, -0.05) is 73.8 Å². The highest BCUT2D eigenvalue weighted by atomic mass is 79.9. The van der Waals surface area contributed by atoms with Crippen LogP contribution in [0.1, 0.15) is 0 Å². The maximum atomic E-state index is 6.31. The van der Waals surface area contributed by atoms with E-state index in [0.717, 1.165) is 32.6 Å². The number of nitrogens with zero attached hydrogens (tertiary/aromatic N) is 2. The molecule has 3 aromatic rings. The number of fused-ring (bicyclic) bond motifs is 1. The van der Waals surface area contributed by atoms with Gasteiger partial charge in [0.1, 0.15) is 5.03 Å². The highest BCUT2D eigenvalue weighted by molar-refractivity contribution is 9.12. The number of rotatable bonds is 5. The van der Waals surface area contributed by atoms with Gasteiger partial charge in [-0.2, -0.15) is 0 Å². The van der Waals surface area contributed by atoms with Crippen molar-refractivity contribution in [3.63, 3.8) is 0 Å². The third-order valence-electron chi connectivity index (χ3n) is 3.25. The molecule has 0 aliphatic rings. The lowest BCUT2D eigenvalue weighted by molar-refractivity contribution is 1.10. The Labute approximate surface area is 161 Å². The number of aromatic nitrogens is 2. The van der Waals surface area contributed by atoms with Crippen molar-refractivity contribution in [2.24, 2.45) is 0 Å². The molecular weight excluding hydrogens is 460 g/mol. The summed E-state index contributed by atoms with van der Waals surface area (Å²) < 4.78 is 0. The van der Waals surface area contributed by atoms with Crippen LogP contribution >= 0.6 is 55.2 Å². The summed E-state index contributed by atoms with van der Waals surface area (Å²) in [4.78, 5) is 9.85. The molecule has 0 spiro atoms. The fourth-order valence-electron chi connectivity index (χ4n) is 2.13. The van der Waals surface area contributed by atoms with E-state index in [4.69, 9.17) is 16.6 Å². The van der Waals surface area contributed by atoms with Crippen molar-refractivity contribution in [2.75, 3.05) is 11.1 Å². The number of halogens is 3. The number of thioether (sulfide) groups is 1. The lowest BCUT2D eigenvalue weighted by atomic mass is 10.2. The van der Waals surface area contributed by atoms with Crippen LogP contribution in [-0.4, -0.2) is 25.9 Å². The van der Waals surface area contributed by atoms with Gasteiger partial charge < -0.3 is 0 Å². The van der Waals surface area contributed by atoms with Crippen LogP contribution in [-0.2, 0) is 0 Å². The standard InChI is InChI=1S/C17H13Br2ClN2S/c18-9-11(19)10-23-17-13-6-2-4-8-15(13)21-16(22-17)12-5-1-3-7-14(12)20/h1-8,11H,9-10H2. The Bertz CT molecular complexity index is 829. The van der Waals surface area contributed by atoms with Crippen LogP contribution in [0.3, 0.4) is 0 Å². The predicted octanol–water partition coefficient (Wildman–Crippen LogP) is 6.20. The van der Waals surface area contributed by atoms with Crippen LogP contribution < -0.4 is 0 Å². The molecule has 23 heavy (non-hydrogen) atoms. The van der Waals surface area contributed by atoms with Crippen molar-refractivity contribution in [1.82, 2.24) is 9.97 Å². The summed E-state index contributed by atoms with van der Waals surface area (Å²) in [5, 5.41) is 3.62. The van der Waals surface area contributed by atoms with Crippen LogP contribution in [0.4, 0.5) is 0 Å². The highest BCUT2D eigenvalue weighted by Gasteiger charge is 2.13. The van der Waals surface area contributed by atoms with Gasteiger partial charge in [0.25, 0.3) is 0 Å². The van der Waals surface area contributed by atoms with Gasteiger partial charge in [-0.25, -0.2) is 9.97 Å². The first kappa shape index (κ1) is 17.2. The maximum absolute atomic E-state index is 6.31. The van der Waals surface area contributed by atoms with E-state index in [2.05, 4.69) is 42.9 Å². The monoisotopic (exact) mass is 470 g/mol. The average Bonchev–Trinajstić information content (AvgIpc) is 2.59. The number of hydrogen-bond donors (Lipinski definition) is 0. The Morgan fingerprint density at radius 3 is 2.57 bits per heavy atom. The fraction of sp³-hybridized carbons (Fsp3) is 0.176. The summed E-state index contributed by atoms with van der Waals surface area (Å²) in [5.74, 6) is 1.59. The van der Waals surface area contributed by atoms with Crippen LogP contribution in [0.2, 0.25) is 5.02 Å². The first-order valence-electron chi connectivity index (χ1n) is 7.03. The molecule has 0 saturated carbocycles. The normalized spacial score (nSPS) is 12.5. The van der Waals surface area contributed by atoms with Crippen LogP contribution in [0.25, 0.3) is 22.3 Å². The van der Waals surface area contributed by atoms with Crippen molar-refractivity contribution in [1.29, 1.82) is 0 Å². The van der Waals surface area contributed by atoms with Gasteiger partial charge in [-0.15, -0.1) is 11.8 Å². The Balaban J connectivity index is 2.08. The first-order chi connectivity index (χ1) is 11.2. The number of para-hydroxylation sites is 1. The summed E-state index contributed by atoms with van der Waals surface area (Å²) >= 11 is 15.2. The van der Waals surface area contributed by atoms with Gasteiger partial charge in [0.2, 0.25) is 0 Å². The molecule has 6 heteroatoms. The lowest BCUT2D eigenvalue weighted by Crippen LogP contribution is -2.03. The van der Waals surface area contributed by atoms with E-state index in [1.54, 1.807) is 11.8 Å². The SMILES string of the molecule is Clc1ccccc1-c1nc(SCC(Br)CBr)c2ccccc2n1. The quantitative estimate of drug-likeness (QED) is 0.251. The number of benzene rings is 2. The molecule has 0 radical (unpaired) electrons. The summed E-state index contributed by atoms with van der Waals surface area (Å²) in [6.45, 7) is 0. The van der Waals surface area contributed by atoms with Crippen molar-refractivity contribution in [3.05, 3.63) is 53.6 Å². The molecule has 0 aliphatic heterocycles. The fourth-order valence-corrected chi connectivity index (χ4v) is 4.22. The minimum Gasteiger partial charge on any atom is -0.228 e. The second-order valence-corrected chi connectivity index (χ2v) is 8.27. The Kier molecular flexibility index (Phi) is 5.96. The Morgan fingerprint density at radius 1 is 1.04 bits per heavy atom. The van der Waals surface area contributed by atoms with Crippen LogP contribution in [0.15, 0.2) is 53.6 Å². The highest BCUT2D eigenvalue weighted by Crippen LogP contribution is 2.32. The molecular formula is C17H13Br2ClN2S. The summed E-state index contributed by atoms with van der Waals surface area (Å²) in [7, 11) is 0. The molecule has 3 rings (SSSR count). The number of alkyl halides is 2. The largest absolute Gasteiger partial charge is 0.228 e. The van der Waals surface area contributed by atoms with E-state index in [9.17, 15) is 0 Å². The van der Waals surface area contributed by atoms with E-state index in [1.165, 1.54) is 0 Å². The summed E-state index contributed by atoms with van der Waals surface area (Å²) in [6, 6.07) is 15.8.